The first-order chi connectivity index (χ1) is 10.5. The highest BCUT2D eigenvalue weighted by Gasteiger charge is 2.33. The Morgan fingerprint density at radius 2 is 2.09 bits per heavy atom. The molecule has 4 heteroatoms. The van der Waals surface area contributed by atoms with Crippen molar-refractivity contribution in [2.45, 2.75) is 25.3 Å². The van der Waals surface area contributed by atoms with Gasteiger partial charge in [-0.05, 0) is 64.2 Å². The van der Waals surface area contributed by atoms with Gasteiger partial charge in [-0.1, -0.05) is 0 Å². The van der Waals surface area contributed by atoms with Gasteiger partial charge in [-0.3, -0.25) is 0 Å². The third-order valence-corrected chi connectivity index (χ3v) is 4.88. The number of pyridine rings is 1. The molecule has 0 aliphatic carbocycles. The predicted octanol–water partition coefficient (Wildman–Crippen LogP) is 3.03. The zero-order valence-corrected chi connectivity index (χ0v) is 13.5. The van der Waals surface area contributed by atoms with Crippen molar-refractivity contribution in [1.29, 1.82) is 5.26 Å². The molecule has 22 heavy (non-hydrogen) atoms. The maximum absolute atomic E-state index is 8.98. The Kier molecular flexibility index (Phi) is 3.76. The summed E-state index contributed by atoms with van der Waals surface area (Å²) in [6.45, 7) is 4.37. The molecule has 3 rings (SSSR count). The molecule has 0 spiro atoms. The fourth-order valence-corrected chi connectivity index (χ4v) is 3.14. The van der Waals surface area contributed by atoms with Crippen molar-refractivity contribution in [3.63, 3.8) is 0 Å². The molecular formula is C18H22N4. The summed E-state index contributed by atoms with van der Waals surface area (Å²) in [4.78, 5) is 9.49. The number of aromatic nitrogens is 1. The first kappa shape index (κ1) is 14.8. The van der Waals surface area contributed by atoms with Crippen LogP contribution < -0.4 is 4.90 Å². The van der Waals surface area contributed by atoms with Crippen LogP contribution in [0.5, 0.6) is 0 Å². The molecule has 0 amide bonds. The average molecular weight is 294 g/mol. The second-order valence-electron chi connectivity index (χ2n) is 6.61. The highest BCUT2D eigenvalue weighted by atomic mass is 15.3. The standard InChI is InChI=1S/C18H22N4/c1-18(21(2)3)9-4-10-22(13-18)17-8-6-15-11-14(12-19)5-7-16(15)20-17/h5-8,11H,4,9-10,13H2,1-3H3. The van der Waals surface area contributed by atoms with Gasteiger partial charge in [-0.15, -0.1) is 0 Å². The lowest BCUT2D eigenvalue weighted by Gasteiger charge is -2.45. The highest BCUT2D eigenvalue weighted by Crippen LogP contribution is 2.29. The molecule has 4 nitrogen and oxygen atoms in total. The molecule has 114 valence electrons. The Morgan fingerprint density at radius 3 is 2.82 bits per heavy atom. The summed E-state index contributed by atoms with van der Waals surface area (Å²) in [6.07, 6.45) is 2.40. The van der Waals surface area contributed by atoms with E-state index in [-0.39, 0.29) is 5.54 Å². The number of piperidine rings is 1. The molecular weight excluding hydrogens is 272 g/mol. The number of anilines is 1. The Morgan fingerprint density at radius 1 is 1.27 bits per heavy atom. The topological polar surface area (TPSA) is 43.2 Å². The Labute approximate surface area is 132 Å². The lowest BCUT2D eigenvalue weighted by atomic mass is 9.90. The van der Waals surface area contributed by atoms with Crippen LogP contribution in [-0.4, -0.2) is 42.6 Å². The van der Waals surface area contributed by atoms with Crippen molar-refractivity contribution in [1.82, 2.24) is 9.88 Å². The summed E-state index contributed by atoms with van der Waals surface area (Å²) >= 11 is 0. The molecule has 0 radical (unpaired) electrons. The molecule has 1 unspecified atom stereocenters. The maximum atomic E-state index is 8.98. The Hall–Kier alpha value is -2.12. The molecule has 1 aliphatic heterocycles. The van der Waals surface area contributed by atoms with Crippen molar-refractivity contribution in [2.75, 3.05) is 32.1 Å². The molecule has 0 saturated carbocycles. The van der Waals surface area contributed by atoms with Gasteiger partial charge in [0.15, 0.2) is 0 Å². The molecule has 1 aromatic carbocycles. The van der Waals surface area contributed by atoms with E-state index in [4.69, 9.17) is 10.2 Å². The van der Waals surface area contributed by atoms with E-state index in [9.17, 15) is 0 Å². The molecule has 1 aliphatic rings. The third-order valence-electron chi connectivity index (χ3n) is 4.88. The van der Waals surface area contributed by atoms with Gasteiger partial charge in [0.05, 0.1) is 17.1 Å². The minimum atomic E-state index is 0.194. The minimum absolute atomic E-state index is 0.194. The summed E-state index contributed by atoms with van der Waals surface area (Å²) in [7, 11) is 4.31. The molecule has 0 N–H and O–H groups in total. The van der Waals surface area contributed by atoms with Gasteiger partial charge in [-0.25, -0.2) is 4.98 Å². The zero-order valence-electron chi connectivity index (χ0n) is 13.5. The summed E-state index contributed by atoms with van der Waals surface area (Å²) < 4.78 is 0. The van der Waals surface area contributed by atoms with Gasteiger partial charge >= 0.3 is 0 Å². The van der Waals surface area contributed by atoms with Crippen molar-refractivity contribution in [2.24, 2.45) is 0 Å². The molecule has 0 bridgehead atoms. The van der Waals surface area contributed by atoms with E-state index < -0.39 is 0 Å². The van der Waals surface area contributed by atoms with E-state index in [1.165, 1.54) is 12.8 Å². The number of hydrogen-bond donors (Lipinski definition) is 0. The van der Waals surface area contributed by atoms with Crippen LogP contribution in [0, 0.1) is 11.3 Å². The van der Waals surface area contributed by atoms with E-state index in [1.807, 2.05) is 18.2 Å². The van der Waals surface area contributed by atoms with Gasteiger partial charge in [-0.2, -0.15) is 5.26 Å². The SMILES string of the molecule is CN(C)C1(C)CCCN(c2ccc3cc(C#N)ccc3n2)C1. The zero-order chi connectivity index (χ0) is 15.7. The van der Waals surface area contributed by atoms with Crippen LogP contribution >= 0.6 is 0 Å². The fourth-order valence-electron chi connectivity index (χ4n) is 3.14. The Balaban J connectivity index is 1.92. The minimum Gasteiger partial charge on any atom is -0.355 e. The number of fused-ring (bicyclic) bond motifs is 1. The van der Waals surface area contributed by atoms with Crippen LogP contribution in [-0.2, 0) is 0 Å². The van der Waals surface area contributed by atoms with Gasteiger partial charge < -0.3 is 9.80 Å². The quantitative estimate of drug-likeness (QED) is 0.854. The van der Waals surface area contributed by atoms with Crippen LogP contribution in [0.25, 0.3) is 10.9 Å². The Bertz CT molecular complexity index is 731. The largest absolute Gasteiger partial charge is 0.355 e. The van der Waals surface area contributed by atoms with Gasteiger partial charge in [0.2, 0.25) is 0 Å². The molecule has 1 atom stereocenters. The molecule has 1 fully saturated rings. The van der Waals surface area contributed by atoms with E-state index >= 15 is 0 Å². The van der Waals surface area contributed by atoms with Crippen LogP contribution in [0.3, 0.4) is 0 Å². The van der Waals surface area contributed by atoms with Crippen LogP contribution in [0.2, 0.25) is 0 Å². The second kappa shape index (κ2) is 5.58. The fraction of sp³-hybridized carbons (Fsp3) is 0.444. The maximum Gasteiger partial charge on any atom is 0.129 e. The number of rotatable bonds is 2. The molecule has 1 aromatic heterocycles. The van der Waals surface area contributed by atoms with E-state index in [2.05, 4.69) is 49.0 Å². The van der Waals surface area contributed by atoms with E-state index in [0.717, 1.165) is 29.8 Å². The molecule has 2 heterocycles. The smallest absolute Gasteiger partial charge is 0.129 e. The van der Waals surface area contributed by atoms with Crippen molar-refractivity contribution < 1.29 is 0 Å². The number of likely N-dealkylation sites (N-methyl/N-ethyl adjacent to an activating group) is 1. The number of benzene rings is 1. The number of hydrogen-bond acceptors (Lipinski definition) is 4. The highest BCUT2D eigenvalue weighted by molar-refractivity contribution is 5.81. The van der Waals surface area contributed by atoms with Gasteiger partial charge in [0, 0.05) is 24.0 Å². The summed E-state index contributed by atoms with van der Waals surface area (Å²) in [5.74, 6) is 1.03. The molecule has 2 aromatic rings. The first-order valence-electron chi connectivity index (χ1n) is 7.75. The van der Waals surface area contributed by atoms with Gasteiger partial charge in [0.25, 0.3) is 0 Å². The lowest BCUT2D eigenvalue weighted by molar-refractivity contribution is 0.147. The normalized spacial score (nSPS) is 22.0. The summed E-state index contributed by atoms with van der Waals surface area (Å²) in [6, 6.07) is 12.0. The monoisotopic (exact) mass is 294 g/mol. The number of nitriles is 1. The number of nitrogens with zero attached hydrogens (tertiary/aromatic N) is 4. The van der Waals surface area contributed by atoms with Crippen molar-refractivity contribution in [3.8, 4) is 6.07 Å². The van der Waals surface area contributed by atoms with Crippen LogP contribution in [0.1, 0.15) is 25.3 Å². The summed E-state index contributed by atoms with van der Waals surface area (Å²) in [5, 5.41) is 10.0. The summed E-state index contributed by atoms with van der Waals surface area (Å²) in [5.41, 5.74) is 1.83. The lowest BCUT2D eigenvalue weighted by Crippen LogP contribution is -2.54. The molecule has 1 saturated heterocycles. The average Bonchev–Trinajstić information content (AvgIpc) is 2.53. The van der Waals surface area contributed by atoms with E-state index in [0.29, 0.717) is 5.56 Å². The van der Waals surface area contributed by atoms with Crippen LogP contribution in [0.15, 0.2) is 30.3 Å². The van der Waals surface area contributed by atoms with Gasteiger partial charge in [0.1, 0.15) is 5.82 Å². The van der Waals surface area contributed by atoms with Crippen molar-refractivity contribution in [3.05, 3.63) is 35.9 Å². The predicted molar refractivity (Wildman–Crippen MR) is 90.0 cm³/mol. The van der Waals surface area contributed by atoms with Crippen molar-refractivity contribution >= 4 is 16.7 Å². The van der Waals surface area contributed by atoms with E-state index in [1.54, 1.807) is 0 Å². The first-order valence-corrected chi connectivity index (χ1v) is 7.75. The third kappa shape index (κ3) is 2.65. The van der Waals surface area contributed by atoms with Crippen LogP contribution in [0.4, 0.5) is 5.82 Å². The second-order valence-corrected chi connectivity index (χ2v) is 6.61.